The number of likely N-dealkylation sites (N-methyl/N-ethyl adjacent to an activating group) is 1. The molecule has 0 saturated carbocycles. The lowest BCUT2D eigenvalue weighted by molar-refractivity contribution is 0.102. The molecule has 2 aromatic carbocycles. The highest BCUT2D eigenvalue weighted by Gasteiger charge is 2.21. The highest BCUT2D eigenvalue weighted by Crippen LogP contribution is 2.25. The van der Waals surface area contributed by atoms with Gasteiger partial charge in [0.15, 0.2) is 5.58 Å². The van der Waals surface area contributed by atoms with E-state index in [0.29, 0.717) is 40.5 Å². The molecule has 4 aromatic rings. The van der Waals surface area contributed by atoms with Crippen molar-refractivity contribution < 1.29 is 9.21 Å². The molecule has 2 aromatic heterocycles. The molecular weight excluding hydrogens is 442 g/mol. The third-order valence-electron chi connectivity index (χ3n) is 5.37. The number of fused-ring (bicyclic) bond motifs is 1. The molecule has 0 aliphatic heterocycles. The number of hydrogen-bond acceptors (Lipinski definition) is 5. The Labute approximate surface area is 196 Å². The van der Waals surface area contributed by atoms with Crippen molar-refractivity contribution in [1.29, 1.82) is 0 Å². The Morgan fingerprint density at radius 3 is 2.58 bits per heavy atom. The molecule has 0 aliphatic carbocycles. The van der Waals surface area contributed by atoms with Crippen LogP contribution in [-0.4, -0.2) is 45.8 Å². The van der Waals surface area contributed by atoms with Gasteiger partial charge < -0.3 is 14.6 Å². The van der Waals surface area contributed by atoms with Crippen molar-refractivity contribution in [2.45, 2.75) is 26.3 Å². The van der Waals surface area contributed by atoms with E-state index >= 15 is 0 Å². The first-order chi connectivity index (χ1) is 15.7. The quantitative estimate of drug-likeness (QED) is 0.436. The van der Waals surface area contributed by atoms with E-state index in [9.17, 15) is 9.59 Å². The van der Waals surface area contributed by atoms with Crippen LogP contribution in [0.5, 0.6) is 0 Å². The van der Waals surface area contributed by atoms with Crippen LogP contribution in [0.25, 0.3) is 16.8 Å². The number of anilines is 1. The fourth-order valence-electron chi connectivity index (χ4n) is 3.73. The summed E-state index contributed by atoms with van der Waals surface area (Å²) < 4.78 is 8.67. The summed E-state index contributed by atoms with van der Waals surface area (Å²) in [5.74, 6) is -0.637. The van der Waals surface area contributed by atoms with Gasteiger partial charge in [-0.05, 0) is 62.5 Å². The van der Waals surface area contributed by atoms with Crippen LogP contribution in [0.1, 0.15) is 35.8 Å². The molecule has 172 valence electrons. The lowest BCUT2D eigenvalue weighted by Gasteiger charge is -2.13. The van der Waals surface area contributed by atoms with E-state index < -0.39 is 5.76 Å². The van der Waals surface area contributed by atoms with Gasteiger partial charge in [-0.3, -0.25) is 9.36 Å². The van der Waals surface area contributed by atoms with Crippen LogP contribution in [0.15, 0.2) is 57.9 Å². The van der Waals surface area contributed by atoms with Crippen LogP contribution < -0.4 is 11.1 Å². The van der Waals surface area contributed by atoms with Gasteiger partial charge in [0.1, 0.15) is 0 Å². The summed E-state index contributed by atoms with van der Waals surface area (Å²) in [5, 5.41) is 8.03. The lowest BCUT2D eigenvalue weighted by Crippen LogP contribution is -2.23. The standard InChI is InChI=1S/C24H26ClN5O3/c1-15(2)22-19(14-26-30(22)18-8-5-16(25)6-9-18)23(31)27-17-7-10-21-20(13-17)29(24(32)33-21)12-11-28(3)4/h5-10,13-15H,11-12H2,1-4H3,(H,27,31). The fraction of sp³-hybridized carbons (Fsp3) is 0.292. The van der Waals surface area contributed by atoms with Gasteiger partial charge in [-0.2, -0.15) is 5.10 Å². The summed E-state index contributed by atoms with van der Waals surface area (Å²) in [6.07, 6.45) is 1.57. The topological polar surface area (TPSA) is 85.3 Å². The van der Waals surface area contributed by atoms with Crippen LogP contribution in [0.3, 0.4) is 0 Å². The Morgan fingerprint density at radius 1 is 1.18 bits per heavy atom. The van der Waals surface area contributed by atoms with E-state index in [1.807, 2.05) is 45.0 Å². The molecule has 1 amide bonds. The Bertz CT molecular complexity index is 1350. The normalized spacial score (nSPS) is 11.6. The molecule has 0 bridgehead atoms. The van der Waals surface area contributed by atoms with Gasteiger partial charge >= 0.3 is 5.76 Å². The van der Waals surface area contributed by atoms with Crippen molar-refractivity contribution in [1.82, 2.24) is 19.2 Å². The van der Waals surface area contributed by atoms with Gasteiger partial charge in [0, 0.05) is 23.8 Å². The van der Waals surface area contributed by atoms with Crippen molar-refractivity contribution >= 4 is 34.3 Å². The molecule has 0 unspecified atom stereocenters. The zero-order chi connectivity index (χ0) is 23.7. The number of halogens is 1. The fourth-order valence-corrected chi connectivity index (χ4v) is 3.85. The molecular formula is C24H26ClN5O3. The molecule has 0 spiro atoms. The first kappa shape index (κ1) is 22.8. The maximum Gasteiger partial charge on any atom is 0.419 e. The monoisotopic (exact) mass is 467 g/mol. The predicted octanol–water partition coefficient (Wildman–Crippen LogP) is 4.37. The predicted molar refractivity (Wildman–Crippen MR) is 130 cm³/mol. The van der Waals surface area contributed by atoms with Gasteiger partial charge in [-0.1, -0.05) is 25.4 Å². The first-order valence-electron chi connectivity index (χ1n) is 10.7. The maximum atomic E-state index is 13.2. The third kappa shape index (κ3) is 4.72. The molecule has 8 nitrogen and oxygen atoms in total. The molecule has 0 fully saturated rings. The number of hydrogen-bond donors (Lipinski definition) is 1. The number of amides is 1. The summed E-state index contributed by atoms with van der Waals surface area (Å²) in [7, 11) is 3.88. The molecule has 9 heteroatoms. The zero-order valence-electron chi connectivity index (χ0n) is 19.0. The SMILES string of the molecule is CC(C)c1c(C(=O)Nc2ccc3oc(=O)n(CCN(C)C)c3c2)cnn1-c1ccc(Cl)cc1. The Kier molecular flexibility index (Phi) is 6.40. The van der Waals surface area contributed by atoms with Crippen molar-refractivity contribution in [2.24, 2.45) is 0 Å². The number of oxazole rings is 1. The van der Waals surface area contributed by atoms with E-state index in [1.54, 1.807) is 45.8 Å². The van der Waals surface area contributed by atoms with Crippen LogP contribution in [0.2, 0.25) is 5.02 Å². The summed E-state index contributed by atoms with van der Waals surface area (Å²) in [5.41, 5.74) is 3.79. The van der Waals surface area contributed by atoms with Crippen molar-refractivity contribution in [3.63, 3.8) is 0 Å². The molecule has 2 heterocycles. The minimum atomic E-state index is -0.415. The minimum absolute atomic E-state index is 0.0523. The zero-order valence-corrected chi connectivity index (χ0v) is 19.8. The number of carbonyl (C=O) groups excluding carboxylic acids is 1. The molecule has 1 N–H and O–H groups in total. The van der Waals surface area contributed by atoms with Gasteiger partial charge in [0.05, 0.1) is 28.7 Å². The number of nitrogens with one attached hydrogen (secondary N) is 1. The number of nitrogens with zero attached hydrogens (tertiary/aromatic N) is 4. The maximum absolute atomic E-state index is 13.2. The molecule has 33 heavy (non-hydrogen) atoms. The number of benzene rings is 2. The summed E-state index contributed by atoms with van der Waals surface area (Å²) in [4.78, 5) is 27.4. The average molecular weight is 468 g/mol. The van der Waals surface area contributed by atoms with E-state index in [-0.39, 0.29) is 11.8 Å². The Balaban J connectivity index is 1.65. The Morgan fingerprint density at radius 2 is 1.91 bits per heavy atom. The largest absolute Gasteiger partial charge is 0.419 e. The van der Waals surface area contributed by atoms with E-state index in [1.165, 1.54) is 0 Å². The Hall–Kier alpha value is -3.36. The van der Waals surface area contributed by atoms with Crippen molar-refractivity contribution in [2.75, 3.05) is 26.0 Å². The van der Waals surface area contributed by atoms with E-state index in [0.717, 1.165) is 11.4 Å². The summed E-state index contributed by atoms with van der Waals surface area (Å²) in [6, 6.07) is 12.5. The second-order valence-corrected chi connectivity index (χ2v) is 8.88. The van der Waals surface area contributed by atoms with Gasteiger partial charge in [-0.15, -0.1) is 0 Å². The first-order valence-corrected chi connectivity index (χ1v) is 11.1. The highest BCUT2D eigenvalue weighted by molar-refractivity contribution is 6.30. The van der Waals surface area contributed by atoms with Crippen LogP contribution >= 0.6 is 11.6 Å². The number of carbonyl (C=O) groups is 1. The molecule has 4 rings (SSSR count). The highest BCUT2D eigenvalue weighted by atomic mass is 35.5. The van der Waals surface area contributed by atoms with Crippen LogP contribution in [0.4, 0.5) is 5.69 Å². The lowest BCUT2D eigenvalue weighted by atomic mass is 10.0. The summed E-state index contributed by atoms with van der Waals surface area (Å²) >= 11 is 6.01. The van der Waals surface area contributed by atoms with Crippen molar-refractivity contribution in [3.8, 4) is 5.69 Å². The van der Waals surface area contributed by atoms with E-state index in [4.69, 9.17) is 16.0 Å². The second kappa shape index (κ2) is 9.25. The van der Waals surface area contributed by atoms with Gasteiger partial charge in [-0.25, -0.2) is 9.48 Å². The van der Waals surface area contributed by atoms with E-state index in [2.05, 4.69) is 10.4 Å². The number of aromatic nitrogens is 3. The van der Waals surface area contributed by atoms with Gasteiger partial charge in [0.25, 0.3) is 5.91 Å². The van der Waals surface area contributed by atoms with Gasteiger partial charge in [0.2, 0.25) is 0 Å². The van der Waals surface area contributed by atoms with Crippen molar-refractivity contribution in [3.05, 3.63) is 75.5 Å². The van der Waals surface area contributed by atoms with Crippen LogP contribution in [0, 0.1) is 0 Å². The minimum Gasteiger partial charge on any atom is -0.408 e. The third-order valence-corrected chi connectivity index (χ3v) is 5.62. The molecule has 0 saturated heterocycles. The smallest absolute Gasteiger partial charge is 0.408 e. The second-order valence-electron chi connectivity index (χ2n) is 8.45. The molecule has 0 aliphatic rings. The average Bonchev–Trinajstić information content (AvgIpc) is 3.34. The molecule has 0 atom stereocenters. The van der Waals surface area contributed by atoms with Crippen LogP contribution in [-0.2, 0) is 6.54 Å². The molecule has 0 radical (unpaired) electrons. The number of rotatable bonds is 7. The summed E-state index contributed by atoms with van der Waals surface area (Å²) in [6.45, 7) is 5.21.